The molecule has 0 bridgehead atoms. The highest BCUT2D eigenvalue weighted by molar-refractivity contribution is 8.00. The van der Waals surface area contributed by atoms with Crippen LogP contribution in [0, 0.1) is 0 Å². The van der Waals surface area contributed by atoms with Gasteiger partial charge in [0.15, 0.2) is 0 Å². The second kappa shape index (κ2) is 7.02. The summed E-state index contributed by atoms with van der Waals surface area (Å²) in [6, 6.07) is 7.24. The third kappa shape index (κ3) is 4.19. The summed E-state index contributed by atoms with van der Waals surface area (Å²) in [4.78, 5) is 14.7. The van der Waals surface area contributed by atoms with Crippen LogP contribution < -0.4 is 0 Å². The zero-order valence-corrected chi connectivity index (χ0v) is 12.3. The van der Waals surface area contributed by atoms with Gasteiger partial charge in [0.1, 0.15) is 0 Å². The molecule has 18 heavy (non-hydrogen) atoms. The number of halogens is 1. The Morgan fingerprint density at radius 2 is 1.94 bits per heavy atom. The van der Waals surface area contributed by atoms with Crippen LogP contribution in [0.25, 0.3) is 0 Å². The maximum Gasteiger partial charge on any atom is 0.235 e. The van der Waals surface area contributed by atoms with Gasteiger partial charge in [-0.05, 0) is 38.1 Å². The summed E-state index contributed by atoms with van der Waals surface area (Å²) in [5.74, 6) is 0.0106. The molecule has 1 N–H and O–H groups in total. The van der Waals surface area contributed by atoms with Crippen LogP contribution in [0.1, 0.15) is 13.8 Å². The van der Waals surface area contributed by atoms with Crippen molar-refractivity contribution in [1.82, 2.24) is 4.90 Å². The Morgan fingerprint density at radius 1 is 1.39 bits per heavy atom. The maximum absolute atomic E-state index is 12.1. The topological polar surface area (TPSA) is 40.5 Å². The summed E-state index contributed by atoms with van der Waals surface area (Å²) in [6.45, 7) is 3.65. The van der Waals surface area contributed by atoms with E-state index < -0.39 is 0 Å². The minimum Gasteiger partial charge on any atom is -0.394 e. The number of nitrogens with zero attached hydrogens (tertiary/aromatic N) is 1. The zero-order valence-electron chi connectivity index (χ0n) is 10.8. The average Bonchev–Trinajstić information content (AvgIpc) is 2.38. The standard InChI is InChI=1S/C13H18ClNO2S/c1-9(8-16)15(3)13(17)10(2)18-12-6-4-11(14)5-7-12/h4-7,9-10,16H,8H2,1-3H3. The lowest BCUT2D eigenvalue weighted by Gasteiger charge is -2.26. The second-order valence-electron chi connectivity index (χ2n) is 4.19. The third-order valence-electron chi connectivity index (χ3n) is 2.75. The summed E-state index contributed by atoms with van der Waals surface area (Å²) < 4.78 is 0. The molecule has 0 fully saturated rings. The predicted octanol–water partition coefficient (Wildman–Crippen LogP) is 2.66. The molecule has 1 amide bonds. The van der Waals surface area contributed by atoms with Crippen molar-refractivity contribution in [2.75, 3.05) is 13.7 Å². The lowest BCUT2D eigenvalue weighted by atomic mass is 10.3. The van der Waals surface area contributed by atoms with E-state index in [2.05, 4.69) is 0 Å². The highest BCUT2D eigenvalue weighted by atomic mass is 35.5. The Hall–Kier alpha value is -0.710. The normalized spacial score (nSPS) is 14.1. The highest BCUT2D eigenvalue weighted by Gasteiger charge is 2.21. The molecule has 2 unspecified atom stereocenters. The molecule has 3 nitrogen and oxygen atoms in total. The molecule has 0 spiro atoms. The highest BCUT2D eigenvalue weighted by Crippen LogP contribution is 2.25. The number of carbonyl (C=O) groups is 1. The molecular formula is C13H18ClNO2S. The molecule has 0 aliphatic rings. The van der Waals surface area contributed by atoms with Gasteiger partial charge < -0.3 is 10.0 Å². The van der Waals surface area contributed by atoms with Gasteiger partial charge in [-0.1, -0.05) is 11.6 Å². The molecular weight excluding hydrogens is 270 g/mol. The smallest absolute Gasteiger partial charge is 0.235 e. The van der Waals surface area contributed by atoms with E-state index in [0.29, 0.717) is 5.02 Å². The van der Waals surface area contributed by atoms with E-state index in [1.165, 1.54) is 11.8 Å². The first-order valence-corrected chi connectivity index (χ1v) is 7.01. The van der Waals surface area contributed by atoms with E-state index in [9.17, 15) is 4.79 Å². The minimum atomic E-state index is -0.190. The number of amides is 1. The van der Waals surface area contributed by atoms with Crippen molar-refractivity contribution in [2.24, 2.45) is 0 Å². The van der Waals surface area contributed by atoms with E-state index in [4.69, 9.17) is 16.7 Å². The van der Waals surface area contributed by atoms with Crippen LogP contribution >= 0.6 is 23.4 Å². The third-order valence-corrected chi connectivity index (χ3v) is 4.10. The first kappa shape index (κ1) is 15.3. The largest absolute Gasteiger partial charge is 0.394 e. The van der Waals surface area contributed by atoms with Gasteiger partial charge in [-0.2, -0.15) is 0 Å². The van der Waals surface area contributed by atoms with Crippen LogP contribution in [-0.2, 0) is 4.79 Å². The minimum absolute atomic E-state index is 0.0106. The van der Waals surface area contributed by atoms with Crippen LogP contribution in [0.2, 0.25) is 5.02 Å². The van der Waals surface area contributed by atoms with E-state index in [1.807, 2.05) is 26.0 Å². The first-order chi connectivity index (χ1) is 8.45. The molecule has 0 saturated carbocycles. The molecule has 1 rings (SSSR count). The number of likely N-dealkylation sites (N-methyl/N-ethyl adjacent to an activating group) is 1. The van der Waals surface area contributed by atoms with Crippen LogP contribution in [0.3, 0.4) is 0 Å². The number of aliphatic hydroxyl groups is 1. The van der Waals surface area contributed by atoms with Gasteiger partial charge in [0.25, 0.3) is 0 Å². The Balaban J connectivity index is 2.62. The zero-order chi connectivity index (χ0) is 13.7. The molecule has 0 aromatic heterocycles. The lowest BCUT2D eigenvalue weighted by Crippen LogP contribution is -2.41. The molecule has 0 radical (unpaired) electrons. The van der Waals surface area contributed by atoms with Gasteiger partial charge in [0, 0.05) is 17.0 Å². The number of thioether (sulfide) groups is 1. The monoisotopic (exact) mass is 287 g/mol. The molecule has 1 aromatic carbocycles. The number of hydrogen-bond donors (Lipinski definition) is 1. The number of carbonyl (C=O) groups excluding carboxylic acids is 1. The van der Waals surface area contributed by atoms with E-state index in [-0.39, 0.29) is 23.8 Å². The number of hydrogen-bond acceptors (Lipinski definition) is 3. The number of benzene rings is 1. The fourth-order valence-corrected chi connectivity index (χ4v) is 2.49. The molecule has 0 aliphatic carbocycles. The second-order valence-corrected chi connectivity index (χ2v) is 6.05. The van der Waals surface area contributed by atoms with E-state index in [0.717, 1.165) is 4.90 Å². The van der Waals surface area contributed by atoms with Gasteiger partial charge in [-0.3, -0.25) is 4.79 Å². The van der Waals surface area contributed by atoms with Crippen molar-refractivity contribution < 1.29 is 9.90 Å². The number of rotatable bonds is 5. The summed E-state index contributed by atoms with van der Waals surface area (Å²) in [6.07, 6.45) is 0. The quantitative estimate of drug-likeness (QED) is 0.847. The maximum atomic E-state index is 12.1. The Morgan fingerprint density at radius 3 is 2.44 bits per heavy atom. The van der Waals surface area contributed by atoms with Gasteiger partial charge >= 0.3 is 0 Å². The number of aliphatic hydroxyl groups excluding tert-OH is 1. The van der Waals surface area contributed by atoms with Gasteiger partial charge in [0.05, 0.1) is 17.9 Å². The summed E-state index contributed by atoms with van der Waals surface area (Å²) in [7, 11) is 1.71. The van der Waals surface area contributed by atoms with Gasteiger partial charge in [0.2, 0.25) is 5.91 Å². The SMILES string of the molecule is CC(Sc1ccc(Cl)cc1)C(=O)N(C)C(C)CO. The molecule has 0 saturated heterocycles. The first-order valence-electron chi connectivity index (χ1n) is 5.75. The van der Waals surface area contributed by atoms with Crippen LogP contribution in [0.5, 0.6) is 0 Å². The summed E-state index contributed by atoms with van der Waals surface area (Å²) in [5, 5.41) is 9.54. The van der Waals surface area contributed by atoms with Crippen molar-refractivity contribution in [1.29, 1.82) is 0 Å². The average molecular weight is 288 g/mol. The molecule has 5 heteroatoms. The Bertz CT molecular complexity index is 396. The van der Waals surface area contributed by atoms with E-state index in [1.54, 1.807) is 24.1 Å². The molecule has 0 heterocycles. The summed E-state index contributed by atoms with van der Waals surface area (Å²) in [5.41, 5.74) is 0. The Kier molecular flexibility index (Phi) is 5.99. The molecule has 100 valence electrons. The fraction of sp³-hybridized carbons (Fsp3) is 0.462. The van der Waals surface area contributed by atoms with Crippen molar-refractivity contribution in [3.63, 3.8) is 0 Å². The van der Waals surface area contributed by atoms with Crippen molar-refractivity contribution in [3.8, 4) is 0 Å². The van der Waals surface area contributed by atoms with Crippen molar-refractivity contribution in [3.05, 3.63) is 29.3 Å². The fourth-order valence-electron chi connectivity index (χ4n) is 1.39. The summed E-state index contributed by atoms with van der Waals surface area (Å²) >= 11 is 7.29. The van der Waals surface area contributed by atoms with Crippen LogP contribution in [0.4, 0.5) is 0 Å². The van der Waals surface area contributed by atoms with Crippen molar-refractivity contribution >= 4 is 29.3 Å². The van der Waals surface area contributed by atoms with Gasteiger partial charge in [-0.25, -0.2) is 0 Å². The van der Waals surface area contributed by atoms with Crippen molar-refractivity contribution in [2.45, 2.75) is 30.0 Å². The molecule has 0 aliphatic heterocycles. The van der Waals surface area contributed by atoms with Crippen LogP contribution in [0.15, 0.2) is 29.2 Å². The molecule has 2 atom stereocenters. The predicted molar refractivity (Wildman–Crippen MR) is 76.1 cm³/mol. The molecule has 1 aromatic rings. The van der Waals surface area contributed by atoms with Crippen LogP contribution in [-0.4, -0.2) is 40.9 Å². The lowest BCUT2D eigenvalue weighted by molar-refractivity contribution is -0.131. The Labute approximate surface area is 117 Å². The van der Waals surface area contributed by atoms with Gasteiger partial charge in [-0.15, -0.1) is 11.8 Å². The van der Waals surface area contributed by atoms with E-state index >= 15 is 0 Å².